The van der Waals surface area contributed by atoms with Gasteiger partial charge >= 0.3 is 12.6 Å². The van der Waals surface area contributed by atoms with E-state index in [2.05, 4.69) is 10.1 Å². The summed E-state index contributed by atoms with van der Waals surface area (Å²) in [6.45, 7) is -3.67. The van der Waals surface area contributed by atoms with Crippen molar-refractivity contribution in [1.82, 2.24) is 0 Å². The molecule has 1 N–H and O–H groups in total. The number of nitrogens with zero attached hydrogens (tertiary/aromatic N) is 1. The maximum atomic E-state index is 12.2. The number of alkyl halides is 2. The van der Waals surface area contributed by atoms with Crippen molar-refractivity contribution in [3.63, 3.8) is 0 Å². The number of esters is 1. The molecule has 0 aromatic heterocycles. The minimum Gasteiger partial charge on any atom is -0.452 e. The molecule has 0 saturated carbocycles. The second-order valence-corrected chi connectivity index (χ2v) is 5.27. The Balaban J connectivity index is 1.96. The molecule has 1 amide bonds. The van der Waals surface area contributed by atoms with Gasteiger partial charge in [-0.1, -0.05) is 17.7 Å². The number of anilines is 1. The van der Waals surface area contributed by atoms with E-state index in [0.717, 1.165) is 6.07 Å². The molecule has 0 saturated heterocycles. The number of nitriles is 1. The molecule has 0 fully saturated rings. The Morgan fingerprint density at radius 1 is 1.23 bits per heavy atom. The van der Waals surface area contributed by atoms with Crippen molar-refractivity contribution in [3.05, 3.63) is 58.6 Å². The van der Waals surface area contributed by atoms with E-state index >= 15 is 0 Å². The number of hydrogen-bond acceptors (Lipinski definition) is 5. The number of rotatable bonds is 6. The predicted octanol–water partition coefficient (Wildman–Crippen LogP) is 3.61. The van der Waals surface area contributed by atoms with Crippen LogP contribution in [-0.2, 0) is 9.53 Å². The van der Waals surface area contributed by atoms with Gasteiger partial charge in [0.15, 0.2) is 6.61 Å². The van der Waals surface area contributed by atoms with Crippen LogP contribution in [0.2, 0.25) is 5.02 Å². The van der Waals surface area contributed by atoms with Crippen LogP contribution < -0.4 is 10.1 Å². The van der Waals surface area contributed by atoms with Crippen molar-refractivity contribution in [3.8, 4) is 11.8 Å². The zero-order valence-corrected chi connectivity index (χ0v) is 13.8. The lowest BCUT2D eigenvalue weighted by Gasteiger charge is -2.09. The summed E-state index contributed by atoms with van der Waals surface area (Å²) in [6, 6.07) is 11.2. The quantitative estimate of drug-likeness (QED) is 0.773. The molecule has 2 rings (SSSR count). The number of hydrogen-bond donors (Lipinski definition) is 1. The molecule has 26 heavy (non-hydrogen) atoms. The highest BCUT2D eigenvalue weighted by Crippen LogP contribution is 2.20. The van der Waals surface area contributed by atoms with Crippen molar-refractivity contribution in [2.45, 2.75) is 6.61 Å². The Hall–Kier alpha value is -3.18. The first-order valence-corrected chi connectivity index (χ1v) is 7.48. The molecule has 0 aliphatic carbocycles. The van der Waals surface area contributed by atoms with Crippen molar-refractivity contribution in [1.29, 1.82) is 5.26 Å². The maximum Gasteiger partial charge on any atom is 0.387 e. The van der Waals surface area contributed by atoms with E-state index in [1.807, 2.05) is 6.07 Å². The third-order valence-corrected chi connectivity index (χ3v) is 3.24. The Kier molecular flexibility index (Phi) is 6.47. The van der Waals surface area contributed by atoms with Crippen LogP contribution in [0.4, 0.5) is 14.5 Å². The molecule has 2 aromatic rings. The summed E-state index contributed by atoms with van der Waals surface area (Å²) in [5.41, 5.74) is 0.302. The number of carbonyl (C=O) groups excluding carboxylic acids is 2. The first-order chi connectivity index (χ1) is 12.4. The Labute approximate surface area is 151 Å². The lowest BCUT2D eigenvalue weighted by molar-refractivity contribution is -0.119. The normalized spacial score (nSPS) is 10.1. The van der Waals surface area contributed by atoms with Gasteiger partial charge in [0.25, 0.3) is 5.91 Å². The van der Waals surface area contributed by atoms with Crippen LogP contribution in [0.25, 0.3) is 0 Å². The van der Waals surface area contributed by atoms with Gasteiger partial charge in [0.2, 0.25) is 0 Å². The van der Waals surface area contributed by atoms with Crippen molar-refractivity contribution in [2.75, 3.05) is 11.9 Å². The average Bonchev–Trinajstić information content (AvgIpc) is 2.59. The van der Waals surface area contributed by atoms with Gasteiger partial charge in [0.05, 0.1) is 16.8 Å². The van der Waals surface area contributed by atoms with Gasteiger partial charge < -0.3 is 14.8 Å². The molecule has 0 spiro atoms. The standard InChI is InChI=1S/C17H11ClF2N2O4/c18-12-5-4-11(8-21)14(7-12)22-15(23)9-25-16(24)10-2-1-3-13(6-10)26-17(19)20/h1-7,17H,9H2,(H,22,23). The van der Waals surface area contributed by atoms with E-state index in [-0.39, 0.29) is 22.6 Å². The van der Waals surface area contributed by atoms with Crippen molar-refractivity contribution < 1.29 is 27.8 Å². The van der Waals surface area contributed by atoms with E-state index < -0.39 is 25.1 Å². The summed E-state index contributed by atoms with van der Waals surface area (Å²) >= 11 is 5.80. The number of benzene rings is 2. The summed E-state index contributed by atoms with van der Waals surface area (Å²) in [5, 5.41) is 11.7. The van der Waals surface area contributed by atoms with Crippen LogP contribution >= 0.6 is 11.6 Å². The van der Waals surface area contributed by atoms with E-state index in [1.54, 1.807) is 0 Å². The molecule has 0 unspecified atom stereocenters. The molecule has 6 nitrogen and oxygen atoms in total. The molecule has 2 aromatic carbocycles. The lowest BCUT2D eigenvalue weighted by Crippen LogP contribution is -2.21. The van der Waals surface area contributed by atoms with Gasteiger partial charge in [-0.25, -0.2) is 4.79 Å². The van der Waals surface area contributed by atoms with Gasteiger partial charge in [-0.15, -0.1) is 0 Å². The number of nitrogens with one attached hydrogen (secondary N) is 1. The van der Waals surface area contributed by atoms with E-state index in [4.69, 9.17) is 21.6 Å². The molecule has 0 aliphatic rings. The minimum atomic E-state index is -3.03. The minimum absolute atomic E-state index is 0.0589. The largest absolute Gasteiger partial charge is 0.452 e. The van der Waals surface area contributed by atoms with Crippen LogP contribution in [0.1, 0.15) is 15.9 Å². The summed E-state index contributed by atoms with van der Waals surface area (Å²) in [4.78, 5) is 23.8. The fraction of sp³-hybridized carbons (Fsp3) is 0.118. The highest BCUT2D eigenvalue weighted by atomic mass is 35.5. The summed E-state index contributed by atoms with van der Waals surface area (Å²) in [5.74, 6) is -1.81. The average molecular weight is 381 g/mol. The molecule has 134 valence electrons. The van der Waals surface area contributed by atoms with E-state index in [1.165, 1.54) is 36.4 Å². The summed E-state index contributed by atoms with van der Waals surface area (Å²) in [7, 11) is 0. The highest BCUT2D eigenvalue weighted by Gasteiger charge is 2.14. The third-order valence-electron chi connectivity index (χ3n) is 3.01. The summed E-state index contributed by atoms with van der Waals surface area (Å²) in [6.07, 6.45) is 0. The molecular weight excluding hydrogens is 370 g/mol. The maximum absolute atomic E-state index is 12.2. The number of ether oxygens (including phenoxy) is 2. The SMILES string of the molecule is N#Cc1ccc(Cl)cc1NC(=O)COC(=O)c1cccc(OC(F)F)c1. The second kappa shape index (κ2) is 8.78. The molecule has 0 atom stereocenters. The zero-order valence-electron chi connectivity index (χ0n) is 13.0. The zero-order chi connectivity index (χ0) is 19.1. The van der Waals surface area contributed by atoms with Crippen LogP contribution in [0.3, 0.4) is 0 Å². The molecular formula is C17H11ClF2N2O4. The Morgan fingerprint density at radius 3 is 2.69 bits per heavy atom. The Bertz CT molecular complexity index is 868. The van der Waals surface area contributed by atoms with Crippen molar-refractivity contribution >= 4 is 29.2 Å². The van der Waals surface area contributed by atoms with Gasteiger partial charge in [-0.05, 0) is 36.4 Å². The van der Waals surface area contributed by atoms with Gasteiger partial charge in [0, 0.05) is 5.02 Å². The van der Waals surface area contributed by atoms with Crippen LogP contribution in [0.5, 0.6) is 5.75 Å². The monoisotopic (exact) mass is 380 g/mol. The summed E-state index contributed by atoms with van der Waals surface area (Å²) < 4.78 is 33.4. The van der Waals surface area contributed by atoms with Gasteiger partial charge in [-0.3, -0.25) is 4.79 Å². The van der Waals surface area contributed by atoms with Crippen LogP contribution in [0.15, 0.2) is 42.5 Å². The van der Waals surface area contributed by atoms with Gasteiger partial charge in [-0.2, -0.15) is 14.0 Å². The molecule has 0 bridgehead atoms. The molecule has 0 aliphatic heterocycles. The predicted molar refractivity (Wildman–Crippen MR) is 88.2 cm³/mol. The smallest absolute Gasteiger partial charge is 0.387 e. The fourth-order valence-electron chi connectivity index (χ4n) is 1.92. The number of carbonyl (C=O) groups is 2. The molecule has 0 radical (unpaired) electrons. The van der Waals surface area contributed by atoms with Gasteiger partial charge in [0.1, 0.15) is 11.8 Å². The fourth-order valence-corrected chi connectivity index (χ4v) is 2.09. The first kappa shape index (κ1) is 19.1. The third kappa shape index (κ3) is 5.43. The van der Waals surface area contributed by atoms with Crippen LogP contribution in [-0.4, -0.2) is 25.1 Å². The molecule has 0 heterocycles. The Morgan fingerprint density at radius 2 is 2.00 bits per heavy atom. The lowest BCUT2D eigenvalue weighted by atomic mass is 10.2. The highest BCUT2D eigenvalue weighted by molar-refractivity contribution is 6.31. The van der Waals surface area contributed by atoms with E-state index in [0.29, 0.717) is 5.02 Å². The van der Waals surface area contributed by atoms with Crippen LogP contribution in [0, 0.1) is 11.3 Å². The number of amides is 1. The topological polar surface area (TPSA) is 88.4 Å². The van der Waals surface area contributed by atoms with Crippen molar-refractivity contribution in [2.24, 2.45) is 0 Å². The van der Waals surface area contributed by atoms with E-state index in [9.17, 15) is 18.4 Å². The second-order valence-electron chi connectivity index (χ2n) is 4.83. The first-order valence-electron chi connectivity index (χ1n) is 7.10. The number of halogens is 3. The molecule has 9 heteroatoms.